The predicted molar refractivity (Wildman–Crippen MR) is 89.1 cm³/mol. The molecule has 2 rings (SSSR count). The summed E-state index contributed by atoms with van der Waals surface area (Å²) >= 11 is 1.80. The fourth-order valence-electron chi connectivity index (χ4n) is 2.24. The van der Waals surface area contributed by atoms with E-state index in [4.69, 9.17) is 9.72 Å². The van der Waals surface area contributed by atoms with Crippen LogP contribution in [0.15, 0.2) is 0 Å². The minimum Gasteiger partial charge on any atom is -0.378 e. The summed E-state index contributed by atoms with van der Waals surface area (Å²) in [5.74, 6) is 0. The zero-order valence-corrected chi connectivity index (χ0v) is 14.7. The lowest BCUT2D eigenvalue weighted by Crippen LogP contribution is -2.44. The first-order valence-corrected chi connectivity index (χ1v) is 8.37. The fraction of sp³-hybridized carbons (Fsp3) is 0.800. The van der Waals surface area contributed by atoms with E-state index in [0.29, 0.717) is 6.61 Å². The largest absolute Gasteiger partial charge is 0.378 e. The van der Waals surface area contributed by atoms with Crippen molar-refractivity contribution in [1.29, 1.82) is 0 Å². The number of thiazole rings is 1. The lowest BCUT2D eigenvalue weighted by molar-refractivity contribution is 0.181. The third-order valence-corrected chi connectivity index (χ3v) is 4.76. The number of hydrogen-bond acceptors (Lipinski definition) is 6. The van der Waals surface area contributed by atoms with Gasteiger partial charge in [0.05, 0.1) is 12.3 Å². The van der Waals surface area contributed by atoms with Crippen LogP contribution in [-0.2, 0) is 17.9 Å². The molecule has 1 N–H and O–H groups in total. The minimum atomic E-state index is 0.113. The van der Waals surface area contributed by atoms with Crippen LogP contribution in [0.4, 0.5) is 5.13 Å². The second-order valence-corrected chi connectivity index (χ2v) is 7.76. The van der Waals surface area contributed by atoms with Crippen molar-refractivity contribution in [3.8, 4) is 0 Å². The van der Waals surface area contributed by atoms with Gasteiger partial charge in [-0.15, -0.1) is 11.3 Å². The molecule has 0 radical (unpaired) electrons. The third-order valence-electron chi connectivity index (χ3n) is 3.60. The number of nitrogens with zero attached hydrogens (tertiary/aromatic N) is 3. The van der Waals surface area contributed by atoms with Gasteiger partial charge in [0.25, 0.3) is 0 Å². The Kier molecular flexibility index (Phi) is 5.60. The number of piperazine rings is 1. The van der Waals surface area contributed by atoms with Crippen molar-refractivity contribution >= 4 is 16.5 Å². The van der Waals surface area contributed by atoms with Crippen molar-refractivity contribution in [1.82, 2.24) is 15.2 Å². The van der Waals surface area contributed by atoms with Gasteiger partial charge in [0.15, 0.2) is 5.13 Å². The quantitative estimate of drug-likeness (QED) is 0.900. The number of rotatable bonds is 5. The summed E-state index contributed by atoms with van der Waals surface area (Å²) in [6.07, 6.45) is 0. The summed E-state index contributed by atoms with van der Waals surface area (Å²) in [7, 11) is 3.91. The van der Waals surface area contributed by atoms with E-state index in [0.717, 1.165) is 43.5 Å². The van der Waals surface area contributed by atoms with Gasteiger partial charge in [0.1, 0.15) is 0 Å². The van der Waals surface area contributed by atoms with E-state index in [-0.39, 0.29) is 5.54 Å². The average Bonchev–Trinajstić information content (AvgIpc) is 2.80. The van der Waals surface area contributed by atoms with E-state index in [2.05, 4.69) is 42.9 Å². The normalized spacial score (nSPS) is 17.5. The highest BCUT2D eigenvalue weighted by Gasteiger charge is 2.20. The molecule has 120 valence electrons. The van der Waals surface area contributed by atoms with Crippen molar-refractivity contribution < 1.29 is 4.74 Å². The first-order chi connectivity index (χ1) is 9.89. The third kappa shape index (κ3) is 4.92. The van der Waals surface area contributed by atoms with Gasteiger partial charge in [-0.3, -0.25) is 0 Å². The van der Waals surface area contributed by atoms with Gasteiger partial charge in [0, 0.05) is 50.2 Å². The van der Waals surface area contributed by atoms with Gasteiger partial charge >= 0.3 is 0 Å². The molecule has 0 saturated carbocycles. The number of ether oxygens (including phenoxy) is 1. The SMILES string of the molecule is COCc1nc(N2CCN(C)CC2)sc1CNC(C)(C)C. The molecule has 1 aliphatic rings. The highest BCUT2D eigenvalue weighted by atomic mass is 32.1. The second-order valence-electron chi connectivity index (χ2n) is 6.69. The van der Waals surface area contributed by atoms with Crippen LogP contribution in [0.25, 0.3) is 0 Å². The Morgan fingerprint density at radius 2 is 1.90 bits per heavy atom. The molecular formula is C15H28N4OS. The van der Waals surface area contributed by atoms with Gasteiger partial charge in [-0.2, -0.15) is 0 Å². The van der Waals surface area contributed by atoms with Crippen LogP contribution in [0.5, 0.6) is 0 Å². The maximum atomic E-state index is 5.31. The molecule has 6 heteroatoms. The maximum absolute atomic E-state index is 5.31. The zero-order valence-electron chi connectivity index (χ0n) is 13.9. The summed E-state index contributed by atoms with van der Waals surface area (Å²) in [6.45, 7) is 12.3. The van der Waals surface area contributed by atoms with Gasteiger partial charge in [0.2, 0.25) is 0 Å². The van der Waals surface area contributed by atoms with Gasteiger partial charge in [-0.1, -0.05) is 0 Å². The molecule has 5 nitrogen and oxygen atoms in total. The number of anilines is 1. The van der Waals surface area contributed by atoms with Crippen molar-refractivity contribution in [2.45, 2.75) is 39.5 Å². The molecule has 0 aliphatic carbocycles. The topological polar surface area (TPSA) is 40.6 Å². The van der Waals surface area contributed by atoms with Crippen molar-refractivity contribution in [2.75, 3.05) is 45.2 Å². The monoisotopic (exact) mass is 312 g/mol. The first kappa shape index (κ1) is 16.7. The molecule has 2 heterocycles. The molecule has 0 amide bonds. The maximum Gasteiger partial charge on any atom is 0.186 e. The molecule has 1 saturated heterocycles. The lowest BCUT2D eigenvalue weighted by Gasteiger charge is -2.32. The van der Waals surface area contributed by atoms with Gasteiger partial charge in [-0.05, 0) is 27.8 Å². The van der Waals surface area contributed by atoms with Crippen LogP contribution in [-0.4, -0.2) is 55.8 Å². The van der Waals surface area contributed by atoms with E-state index in [1.807, 2.05) is 0 Å². The smallest absolute Gasteiger partial charge is 0.186 e. The molecule has 1 aromatic rings. The standard InChI is InChI=1S/C15H28N4OS/c1-15(2,3)16-10-13-12(11-20-5)17-14(21-13)19-8-6-18(4)7-9-19/h16H,6-11H2,1-5H3. The van der Waals surface area contributed by atoms with Crippen LogP contribution >= 0.6 is 11.3 Å². The van der Waals surface area contributed by atoms with E-state index >= 15 is 0 Å². The number of hydrogen-bond donors (Lipinski definition) is 1. The zero-order chi connectivity index (χ0) is 15.5. The van der Waals surface area contributed by atoms with E-state index in [9.17, 15) is 0 Å². The van der Waals surface area contributed by atoms with Crippen LogP contribution in [0, 0.1) is 0 Å². The summed E-state index contributed by atoms with van der Waals surface area (Å²) in [4.78, 5) is 10.9. The summed E-state index contributed by atoms with van der Waals surface area (Å²) in [5, 5.41) is 4.69. The molecule has 1 fully saturated rings. The van der Waals surface area contributed by atoms with E-state index in [1.54, 1.807) is 18.4 Å². The van der Waals surface area contributed by atoms with Gasteiger partial charge in [-0.25, -0.2) is 4.98 Å². The number of nitrogens with one attached hydrogen (secondary N) is 1. The number of methoxy groups -OCH3 is 1. The minimum absolute atomic E-state index is 0.113. The van der Waals surface area contributed by atoms with Gasteiger partial charge < -0.3 is 19.9 Å². The van der Waals surface area contributed by atoms with E-state index in [1.165, 1.54) is 4.88 Å². The highest BCUT2D eigenvalue weighted by molar-refractivity contribution is 7.15. The highest BCUT2D eigenvalue weighted by Crippen LogP contribution is 2.28. The Morgan fingerprint density at radius 1 is 1.24 bits per heavy atom. The van der Waals surface area contributed by atoms with Crippen LogP contribution < -0.4 is 10.2 Å². The fourth-order valence-corrected chi connectivity index (χ4v) is 3.29. The molecule has 0 atom stereocenters. The molecule has 0 spiro atoms. The average molecular weight is 312 g/mol. The molecule has 0 bridgehead atoms. The molecule has 0 unspecified atom stereocenters. The Balaban J connectivity index is 2.08. The first-order valence-electron chi connectivity index (χ1n) is 7.55. The molecule has 1 aliphatic heterocycles. The predicted octanol–water partition coefficient (Wildman–Crippen LogP) is 1.93. The second kappa shape index (κ2) is 7.05. The molecule has 21 heavy (non-hydrogen) atoms. The summed E-state index contributed by atoms with van der Waals surface area (Å²) < 4.78 is 5.31. The van der Waals surface area contributed by atoms with Crippen LogP contribution in [0.1, 0.15) is 31.3 Å². The number of likely N-dealkylation sites (N-methyl/N-ethyl adjacent to an activating group) is 1. The molecule has 0 aromatic carbocycles. The number of aromatic nitrogens is 1. The summed E-state index contributed by atoms with van der Waals surface area (Å²) in [6, 6.07) is 0. The Morgan fingerprint density at radius 3 is 2.48 bits per heavy atom. The molecule has 1 aromatic heterocycles. The van der Waals surface area contributed by atoms with Crippen molar-refractivity contribution in [3.63, 3.8) is 0 Å². The van der Waals surface area contributed by atoms with E-state index < -0.39 is 0 Å². The van der Waals surface area contributed by atoms with Crippen LogP contribution in [0.2, 0.25) is 0 Å². The summed E-state index contributed by atoms with van der Waals surface area (Å²) in [5.41, 5.74) is 1.19. The van der Waals surface area contributed by atoms with Crippen LogP contribution in [0.3, 0.4) is 0 Å². The van der Waals surface area contributed by atoms with Crippen molar-refractivity contribution in [3.05, 3.63) is 10.6 Å². The van der Waals surface area contributed by atoms with Crippen molar-refractivity contribution in [2.24, 2.45) is 0 Å². The lowest BCUT2D eigenvalue weighted by atomic mass is 10.1. The Bertz CT molecular complexity index is 447. The molecular weight excluding hydrogens is 284 g/mol. The Hall–Kier alpha value is -0.690. The Labute approximate surface area is 132 Å².